The van der Waals surface area contributed by atoms with Crippen molar-refractivity contribution in [1.82, 2.24) is 10.2 Å². The Morgan fingerprint density at radius 2 is 1.90 bits per heavy atom. The first-order valence-corrected chi connectivity index (χ1v) is 10.1. The van der Waals surface area contributed by atoms with Gasteiger partial charge < -0.3 is 4.90 Å². The molecule has 1 N–H and O–H groups in total. The molecule has 1 fully saturated rings. The van der Waals surface area contributed by atoms with E-state index in [9.17, 15) is 4.79 Å². The van der Waals surface area contributed by atoms with Gasteiger partial charge in [0.15, 0.2) is 0 Å². The van der Waals surface area contributed by atoms with Crippen LogP contribution in [0, 0.1) is 5.92 Å². The van der Waals surface area contributed by atoms with E-state index in [0.717, 1.165) is 32.2 Å². The molecule has 0 aromatic heterocycles. The number of hydrogen-bond donors (Lipinski definition) is 1. The summed E-state index contributed by atoms with van der Waals surface area (Å²) in [6.45, 7) is 7.53. The molecule has 2 atom stereocenters. The molecule has 1 heterocycles. The minimum atomic E-state index is 0.0637. The molecular formula is C17H34N2OS. The van der Waals surface area contributed by atoms with E-state index in [0.29, 0.717) is 11.8 Å². The molecule has 1 aliphatic rings. The monoisotopic (exact) mass is 314 g/mol. The minimum absolute atomic E-state index is 0.0637. The Morgan fingerprint density at radius 3 is 2.52 bits per heavy atom. The molecule has 0 spiro atoms. The van der Waals surface area contributed by atoms with E-state index >= 15 is 0 Å². The maximum atomic E-state index is 12.6. The van der Waals surface area contributed by atoms with Gasteiger partial charge in [0.2, 0.25) is 5.91 Å². The second-order valence-electron chi connectivity index (χ2n) is 6.49. The highest BCUT2D eigenvalue weighted by molar-refractivity contribution is 7.98. The van der Waals surface area contributed by atoms with Crippen molar-refractivity contribution < 1.29 is 4.79 Å². The van der Waals surface area contributed by atoms with Gasteiger partial charge in [-0.2, -0.15) is 11.8 Å². The molecule has 0 bridgehead atoms. The second kappa shape index (κ2) is 10.5. The summed E-state index contributed by atoms with van der Waals surface area (Å²) in [4.78, 5) is 14.7. The van der Waals surface area contributed by atoms with Crippen LogP contribution in [0.25, 0.3) is 0 Å². The lowest BCUT2D eigenvalue weighted by atomic mass is 10.1. The zero-order valence-corrected chi connectivity index (χ0v) is 15.2. The average Bonchev–Trinajstić information content (AvgIpc) is 2.77. The largest absolute Gasteiger partial charge is 0.326 e. The third-order valence-electron chi connectivity index (χ3n) is 4.26. The van der Waals surface area contributed by atoms with Crippen molar-refractivity contribution in [2.45, 2.75) is 77.9 Å². The van der Waals surface area contributed by atoms with Crippen molar-refractivity contribution in [3.8, 4) is 0 Å². The quantitative estimate of drug-likeness (QED) is 0.587. The Labute approximate surface area is 135 Å². The van der Waals surface area contributed by atoms with Crippen LogP contribution in [0.15, 0.2) is 0 Å². The molecule has 3 nitrogen and oxygen atoms in total. The molecule has 0 aliphatic carbocycles. The van der Waals surface area contributed by atoms with Crippen LogP contribution >= 0.6 is 11.8 Å². The lowest BCUT2D eigenvalue weighted by molar-refractivity contribution is -0.130. The molecular weight excluding hydrogens is 280 g/mol. The Morgan fingerprint density at radius 1 is 1.19 bits per heavy atom. The molecule has 0 radical (unpaired) electrons. The number of carbonyl (C=O) groups excluding carboxylic acids is 1. The van der Waals surface area contributed by atoms with Crippen LogP contribution in [0.3, 0.4) is 0 Å². The lowest BCUT2D eigenvalue weighted by Crippen LogP contribution is -2.41. The SMILES string of the molecule is CCCCC1NC(C(C)C)N(CCCCCCSC)C1=O. The number of carbonyl (C=O) groups is 1. The molecule has 0 aromatic carbocycles. The van der Waals surface area contributed by atoms with Crippen LogP contribution in [0.4, 0.5) is 0 Å². The Kier molecular flexibility index (Phi) is 9.41. The predicted molar refractivity (Wildman–Crippen MR) is 93.6 cm³/mol. The first-order chi connectivity index (χ1) is 10.1. The van der Waals surface area contributed by atoms with E-state index < -0.39 is 0 Å². The number of thioether (sulfide) groups is 1. The summed E-state index contributed by atoms with van der Waals surface area (Å²) in [6, 6.07) is 0.0637. The fourth-order valence-electron chi connectivity index (χ4n) is 3.00. The molecule has 4 heteroatoms. The number of hydrogen-bond acceptors (Lipinski definition) is 3. The summed E-state index contributed by atoms with van der Waals surface area (Å²) in [7, 11) is 0. The maximum Gasteiger partial charge on any atom is 0.241 e. The van der Waals surface area contributed by atoms with Gasteiger partial charge in [0.1, 0.15) is 0 Å². The molecule has 1 aliphatic heterocycles. The van der Waals surface area contributed by atoms with Crippen LogP contribution in [0.5, 0.6) is 0 Å². The minimum Gasteiger partial charge on any atom is -0.326 e. The van der Waals surface area contributed by atoms with Gasteiger partial charge in [0, 0.05) is 6.54 Å². The Balaban J connectivity index is 2.39. The van der Waals surface area contributed by atoms with Gasteiger partial charge in [-0.25, -0.2) is 0 Å². The molecule has 1 saturated heterocycles. The first kappa shape index (κ1) is 18.8. The normalized spacial score (nSPS) is 22.5. The Bertz CT molecular complexity index is 297. The van der Waals surface area contributed by atoms with E-state index in [-0.39, 0.29) is 12.2 Å². The van der Waals surface area contributed by atoms with Gasteiger partial charge in [0.25, 0.3) is 0 Å². The number of unbranched alkanes of at least 4 members (excludes halogenated alkanes) is 4. The number of amides is 1. The van der Waals surface area contributed by atoms with E-state index in [4.69, 9.17) is 0 Å². The van der Waals surface area contributed by atoms with Crippen LogP contribution in [-0.4, -0.2) is 41.6 Å². The molecule has 0 saturated carbocycles. The van der Waals surface area contributed by atoms with E-state index in [1.165, 1.54) is 25.0 Å². The smallest absolute Gasteiger partial charge is 0.241 e. The predicted octanol–water partition coefficient (Wildman–Crippen LogP) is 3.88. The second-order valence-corrected chi connectivity index (χ2v) is 7.47. The summed E-state index contributed by atoms with van der Waals surface area (Å²) in [5, 5.41) is 3.56. The third-order valence-corrected chi connectivity index (χ3v) is 4.96. The summed E-state index contributed by atoms with van der Waals surface area (Å²) in [6.07, 6.45) is 10.7. The van der Waals surface area contributed by atoms with Crippen molar-refractivity contribution >= 4 is 17.7 Å². The van der Waals surface area contributed by atoms with Gasteiger partial charge in [-0.05, 0) is 37.2 Å². The van der Waals surface area contributed by atoms with E-state index in [2.05, 4.69) is 37.2 Å². The highest BCUT2D eigenvalue weighted by Crippen LogP contribution is 2.21. The topological polar surface area (TPSA) is 32.3 Å². The summed E-state index contributed by atoms with van der Waals surface area (Å²) in [5.74, 6) is 2.08. The summed E-state index contributed by atoms with van der Waals surface area (Å²) in [5.41, 5.74) is 0. The lowest BCUT2D eigenvalue weighted by Gasteiger charge is -2.27. The Hall–Kier alpha value is -0.220. The third kappa shape index (κ3) is 6.19. The van der Waals surface area contributed by atoms with E-state index in [1.807, 2.05) is 11.8 Å². The van der Waals surface area contributed by atoms with Crippen LogP contribution in [-0.2, 0) is 4.79 Å². The van der Waals surface area contributed by atoms with Gasteiger partial charge in [-0.3, -0.25) is 10.1 Å². The van der Waals surface area contributed by atoms with Crippen molar-refractivity contribution in [2.24, 2.45) is 5.92 Å². The van der Waals surface area contributed by atoms with Gasteiger partial charge >= 0.3 is 0 Å². The van der Waals surface area contributed by atoms with Crippen molar-refractivity contribution in [2.75, 3.05) is 18.6 Å². The number of nitrogens with zero attached hydrogens (tertiary/aromatic N) is 1. The average molecular weight is 315 g/mol. The van der Waals surface area contributed by atoms with Crippen LogP contribution in [0.2, 0.25) is 0 Å². The van der Waals surface area contributed by atoms with Crippen LogP contribution in [0.1, 0.15) is 65.7 Å². The molecule has 124 valence electrons. The van der Waals surface area contributed by atoms with Crippen molar-refractivity contribution in [3.63, 3.8) is 0 Å². The summed E-state index contributed by atoms with van der Waals surface area (Å²) < 4.78 is 0. The van der Waals surface area contributed by atoms with Crippen molar-refractivity contribution in [1.29, 1.82) is 0 Å². The zero-order chi connectivity index (χ0) is 15.7. The standard InChI is InChI=1S/C17H34N2OS/c1-5-6-11-15-17(20)19(16(18-15)14(2)3)12-9-7-8-10-13-21-4/h14-16,18H,5-13H2,1-4H3. The van der Waals surface area contributed by atoms with Crippen molar-refractivity contribution in [3.05, 3.63) is 0 Å². The maximum absolute atomic E-state index is 12.6. The van der Waals surface area contributed by atoms with Crippen LogP contribution < -0.4 is 5.32 Å². The molecule has 0 aromatic rings. The molecule has 2 unspecified atom stereocenters. The number of nitrogens with one attached hydrogen (secondary N) is 1. The van der Waals surface area contributed by atoms with Gasteiger partial charge in [0.05, 0.1) is 12.2 Å². The van der Waals surface area contributed by atoms with Gasteiger partial charge in [-0.15, -0.1) is 0 Å². The fraction of sp³-hybridized carbons (Fsp3) is 0.941. The highest BCUT2D eigenvalue weighted by atomic mass is 32.2. The number of rotatable bonds is 11. The zero-order valence-electron chi connectivity index (χ0n) is 14.4. The first-order valence-electron chi connectivity index (χ1n) is 8.67. The molecule has 21 heavy (non-hydrogen) atoms. The molecule has 1 rings (SSSR count). The highest BCUT2D eigenvalue weighted by Gasteiger charge is 2.38. The van der Waals surface area contributed by atoms with Gasteiger partial charge in [-0.1, -0.05) is 46.5 Å². The molecule has 1 amide bonds. The summed E-state index contributed by atoms with van der Waals surface area (Å²) >= 11 is 1.92. The fourth-order valence-corrected chi connectivity index (χ4v) is 3.50. The van der Waals surface area contributed by atoms with E-state index in [1.54, 1.807) is 0 Å².